The van der Waals surface area contributed by atoms with Gasteiger partial charge >= 0.3 is 0 Å². The van der Waals surface area contributed by atoms with Crippen LogP contribution in [0.4, 0.5) is 4.39 Å². The average molecular weight is 325 g/mol. The van der Waals surface area contributed by atoms with Crippen molar-refractivity contribution < 1.29 is 9.13 Å². The summed E-state index contributed by atoms with van der Waals surface area (Å²) in [4.78, 5) is 6.72. The molecule has 2 aliphatic heterocycles. The summed E-state index contributed by atoms with van der Waals surface area (Å²) in [6.45, 7) is 1.87. The summed E-state index contributed by atoms with van der Waals surface area (Å²) in [6, 6.07) is 15.7. The van der Waals surface area contributed by atoms with Gasteiger partial charge in [-0.05, 0) is 35.2 Å². The molecular formula is C19H20FN3O. The Bertz CT molecular complexity index is 759. The number of rotatable bonds is 2. The quantitative estimate of drug-likeness (QED) is 0.923. The molecule has 5 heteroatoms. The Morgan fingerprint density at radius 2 is 1.96 bits per heavy atom. The van der Waals surface area contributed by atoms with Crippen molar-refractivity contribution in [1.29, 1.82) is 0 Å². The minimum atomic E-state index is -0.230. The molecule has 4 nitrogen and oxygen atoms in total. The van der Waals surface area contributed by atoms with Crippen molar-refractivity contribution in [3.63, 3.8) is 0 Å². The highest BCUT2D eigenvalue weighted by molar-refractivity contribution is 5.77. The fourth-order valence-corrected chi connectivity index (χ4v) is 3.46. The lowest BCUT2D eigenvalue weighted by Crippen LogP contribution is -2.41. The van der Waals surface area contributed by atoms with Crippen molar-refractivity contribution >= 4 is 6.02 Å². The van der Waals surface area contributed by atoms with Crippen LogP contribution in [0.15, 0.2) is 53.5 Å². The summed E-state index contributed by atoms with van der Waals surface area (Å²) in [7, 11) is 0. The fourth-order valence-electron chi connectivity index (χ4n) is 3.46. The number of hydrogen-bond donors (Lipinski definition) is 1. The molecule has 0 aromatic heterocycles. The topological polar surface area (TPSA) is 50.8 Å². The molecule has 2 aliphatic rings. The third-order valence-electron chi connectivity index (χ3n) is 4.68. The van der Waals surface area contributed by atoms with Crippen molar-refractivity contribution in [1.82, 2.24) is 4.90 Å². The van der Waals surface area contributed by atoms with Crippen LogP contribution < -0.4 is 5.73 Å². The first kappa shape index (κ1) is 15.1. The lowest BCUT2D eigenvalue weighted by atomic mass is 9.88. The average Bonchev–Trinajstić information content (AvgIpc) is 3.10. The molecule has 2 aromatic rings. The van der Waals surface area contributed by atoms with Crippen LogP contribution in [0.3, 0.4) is 0 Å². The van der Waals surface area contributed by atoms with Gasteiger partial charge in [0.25, 0.3) is 6.02 Å². The standard InChI is InChI=1S/C19H20FN3O/c20-15-7-5-14(6-8-15)18-17-4-2-1-3-13(17)9-10-23(18)19-22-12-16(11-21)24-19/h1-8,16,18H,9-12,21H2/t16-,18-/m0/s1. The molecule has 0 bridgehead atoms. The van der Waals surface area contributed by atoms with Crippen molar-refractivity contribution in [2.75, 3.05) is 19.6 Å². The molecule has 2 aromatic carbocycles. The summed E-state index contributed by atoms with van der Waals surface area (Å²) in [5.41, 5.74) is 9.28. The van der Waals surface area contributed by atoms with Gasteiger partial charge in [0.1, 0.15) is 11.9 Å². The van der Waals surface area contributed by atoms with E-state index in [0.29, 0.717) is 19.1 Å². The van der Waals surface area contributed by atoms with Crippen LogP contribution >= 0.6 is 0 Å². The van der Waals surface area contributed by atoms with E-state index in [1.54, 1.807) is 0 Å². The monoisotopic (exact) mass is 325 g/mol. The number of ether oxygens (including phenoxy) is 1. The molecule has 0 fully saturated rings. The Hall–Kier alpha value is -2.40. The maximum atomic E-state index is 13.4. The predicted molar refractivity (Wildman–Crippen MR) is 91.3 cm³/mol. The number of aliphatic imine (C=N–C) groups is 1. The van der Waals surface area contributed by atoms with E-state index in [0.717, 1.165) is 18.5 Å². The number of benzene rings is 2. The Morgan fingerprint density at radius 1 is 1.17 bits per heavy atom. The lowest BCUT2D eigenvalue weighted by Gasteiger charge is -2.38. The largest absolute Gasteiger partial charge is 0.458 e. The second-order valence-electron chi connectivity index (χ2n) is 6.20. The number of halogens is 1. The molecule has 0 aliphatic carbocycles. The van der Waals surface area contributed by atoms with Crippen molar-refractivity contribution in [2.45, 2.75) is 18.6 Å². The van der Waals surface area contributed by atoms with E-state index in [9.17, 15) is 4.39 Å². The highest BCUT2D eigenvalue weighted by Gasteiger charge is 2.34. The van der Waals surface area contributed by atoms with Crippen LogP contribution in [0.25, 0.3) is 0 Å². The first-order valence-corrected chi connectivity index (χ1v) is 8.27. The minimum absolute atomic E-state index is 0.0224. The van der Waals surface area contributed by atoms with E-state index in [1.807, 2.05) is 18.2 Å². The molecule has 124 valence electrons. The lowest BCUT2D eigenvalue weighted by molar-refractivity contribution is 0.173. The summed E-state index contributed by atoms with van der Waals surface area (Å²) < 4.78 is 19.3. The van der Waals surface area contributed by atoms with Gasteiger partial charge in [0, 0.05) is 13.1 Å². The molecule has 2 N–H and O–H groups in total. The summed E-state index contributed by atoms with van der Waals surface area (Å²) in [5, 5.41) is 0. The Kier molecular flexibility index (Phi) is 3.94. The second kappa shape index (κ2) is 6.24. The van der Waals surface area contributed by atoms with Gasteiger partial charge in [0.2, 0.25) is 0 Å². The fraction of sp³-hybridized carbons (Fsp3) is 0.316. The van der Waals surface area contributed by atoms with Crippen LogP contribution in [-0.4, -0.2) is 36.7 Å². The Morgan fingerprint density at radius 3 is 2.71 bits per heavy atom. The van der Waals surface area contributed by atoms with E-state index < -0.39 is 0 Å². The molecule has 4 rings (SSSR count). The van der Waals surface area contributed by atoms with Crippen LogP contribution in [0.1, 0.15) is 22.7 Å². The molecule has 2 atom stereocenters. The van der Waals surface area contributed by atoms with Crippen molar-refractivity contribution in [3.05, 3.63) is 71.0 Å². The maximum Gasteiger partial charge on any atom is 0.288 e. The zero-order valence-electron chi connectivity index (χ0n) is 13.4. The Balaban J connectivity index is 1.75. The number of amidine groups is 1. The van der Waals surface area contributed by atoms with Crippen LogP contribution in [-0.2, 0) is 11.2 Å². The summed E-state index contributed by atoms with van der Waals surface area (Å²) in [5.74, 6) is -0.230. The highest BCUT2D eigenvalue weighted by Crippen LogP contribution is 2.36. The predicted octanol–water partition coefficient (Wildman–Crippen LogP) is 2.49. The van der Waals surface area contributed by atoms with E-state index in [4.69, 9.17) is 10.5 Å². The molecule has 0 saturated carbocycles. The van der Waals surface area contributed by atoms with Gasteiger partial charge in [-0.1, -0.05) is 36.4 Å². The Labute approximate surface area is 140 Å². The van der Waals surface area contributed by atoms with Gasteiger partial charge in [0.15, 0.2) is 0 Å². The van der Waals surface area contributed by atoms with Crippen LogP contribution in [0, 0.1) is 5.82 Å². The zero-order chi connectivity index (χ0) is 16.5. The number of nitrogens with two attached hydrogens (primary N) is 1. The maximum absolute atomic E-state index is 13.4. The molecule has 0 radical (unpaired) electrons. The zero-order valence-corrected chi connectivity index (χ0v) is 13.4. The van der Waals surface area contributed by atoms with E-state index in [1.165, 1.54) is 23.3 Å². The second-order valence-corrected chi connectivity index (χ2v) is 6.20. The third kappa shape index (κ3) is 2.65. The van der Waals surface area contributed by atoms with Gasteiger partial charge in [-0.25, -0.2) is 9.38 Å². The first-order chi connectivity index (χ1) is 11.8. The first-order valence-electron chi connectivity index (χ1n) is 8.27. The molecule has 2 heterocycles. The normalized spacial score (nSPS) is 22.8. The van der Waals surface area contributed by atoms with Gasteiger partial charge in [-0.15, -0.1) is 0 Å². The number of hydrogen-bond acceptors (Lipinski definition) is 4. The SMILES string of the molecule is NC[C@H]1CN=C(N2CCc3ccccc3[C@@H]2c2ccc(F)cc2)O1. The molecule has 0 unspecified atom stereocenters. The smallest absolute Gasteiger partial charge is 0.288 e. The molecule has 0 saturated heterocycles. The van der Waals surface area contributed by atoms with E-state index >= 15 is 0 Å². The van der Waals surface area contributed by atoms with E-state index in [2.05, 4.69) is 28.1 Å². The van der Waals surface area contributed by atoms with Crippen molar-refractivity contribution in [3.8, 4) is 0 Å². The van der Waals surface area contributed by atoms with Crippen LogP contribution in [0.2, 0.25) is 0 Å². The number of fused-ring (bicyclic) bond motifs is 1. The van der Waals surface area contributed by atoms with Gasteiger partial charge in [-0.3, -0.25) is 0 Å². The molecular weight excluding hydrogens is 305 g/mol. The third-order valence-corrected chi connectivity index (χ3v) is 4.68. The van der Waals surface area contributed by atoms with Gasteiger partial charge in [0.05, 0.1) is 12.6 Å². The minimum Gasteiger partial charge on any atom is -0.458 e. The van der Waals surface area contributed by atoms with E-state index in [-0.39, 0.29) is 18.0 Å². The molecule has 0 amide bonds. The van der Waals surface area contributed by atoms with Gasteiger partial charge < -0.3 is 15.4 Å². The summed E-state index contributed by atoms with van der Waals surface area (Å²) in [6.07, 6.45) is 0.884. The number of nitrogens with zero attached hydrogens (tertiary/aromatic N) is 2. The van der Waals surface area contributed by atoms with Crippen molar-refractivity contribution in [2.24, 2.45) is 10.7 Å². The molecule has 0 spiro atoms. The van der Waals surface area contributed by atoms with Gasteiger partial charge in [-0.2, -0.15) is 0 Å². The summed E-state index contributed by atoms with van der Waals surface area (Å²) >= 11 is 0. The van der Waals surface area contributed by atoms with Crippen LogP contribution in [0.5, 0.6) is 0 Å². The molecule has 24 heavy (non-hydrogen) atoms. The highest BCUT2D eigenvalue weighted by atomic mass is 19.1.